The molecule has 2 aromatic rings. The predicted octanol–water partition coefficient (Wildman–Crippen LogP) is 3.59. The van der Waals surface area contributed by atoms with E-state index in [1.807, 2.05) is 29.9 Å². The van der Waals surface area contributed by atoms with Crippen LogP contribution in [0.5, 0.6) is 0 Å². The predicted molar refractivity (Wildman–Crippen MR) is 74.4 cm³/mol. The Morgan fingerprint density at radius 1 is 1.28 bits per heavy atom. The Labute approximate surface area is 111 Å². The molecule has 2 heterocycles. The zero-order valence-electron chi connectivity index (χ0n) is 10.6. The number of rotatable bonds is 2. The zero-order valence-corrected chi connectivity index (χ0v) is 11.4. The monoisotopic (exact) mass is 259 g/mol. The summed E-state index contributed by atoms with van der Waals surface area (Å²) in [5.41, 5.74) is 3.06. The maximum Gasteiger partial charge on any atom is 0.210 e. The quantitative estimate of drug-likeness (QED) is 0.597. The highest BCUT2D eigenvalue weighted by atomic mass is 32.1. The van der Waals surface area contributed by atoms with Gasteiger partial charge in [0.1, 0.15) is 0 Å². The van der Waals surface area contributed by atoms with Gasteiger partial charge in [-0.3, -0.25) is 4.79 Å². The van der Waals surface area contributed by atoms with Gasteiger partial charge in [0, 0.05) is 29.1 Å². The molecule has 0 bridgehead atoms. The summed E-state index contributed by atoms with van der Waals surface area (Å²) in [4.78, 5) is 14.0. The van der Waals surface area contributed by atoms with Crippen LogP contribution in [0.25, 0.3) is 0 Å². The molecule has 0 aromatic carbocycles. The van der Waals surface area contributed by atoms with Crippen molar-refractivity contribution in [1.82, 2.24) is 4.57 Å². The van der Waals surface area contributed by atoms with Crippen LogP contribution in [0.3, 0.4) is 0 Å². The van der Waals surface area contributed by atoms with Crippen LogP contribution in [0.1, 0.15) is 45.8 Å². The van der Waals surface area contributed by atoms with Gasteiger partial charge in [0.25, 0.3) is 0 Å². The van der Waals surface area contributed by atoms with Crippen LogP contribution >= 0.6 is 11.3 Å². The van der Waals surface area contributed by atoms with E-state index in [1.54, 1.807) is 11.3 Å². The third-order valence-corrected chi connectivity index (χ3v) is 4.82. The largest absolute Gasteiger partial charge is 0.348 e. The fourth-order valence-corrected chi connectivity index (χ4v) is 3.82. The second-order valence-corrected chi connectivity index (χ2v) is 5.91. The molecular weight excluding hydrogens is 242 g/mol. The molecule has 2 aromatic heterocycles. The van der Waals surface area contributed by atoms with Crippen LogP contribution in [0.15, 0.2) is 23.7 Å². The smallest absolute Gasteiger partial charge is 0.210 e. The molecule has 0 atom stereocenters. The molecule has 0 saturated carbocycles. The van der Waals surface area contributed by atoms with E-state index in [2.05, 4.69) is 5.38 Å². The minimum atomic E-state index is 0.182. The van der Waals surface area contributed by atoms with Gasteiger partial charge in [-0.15, -0.1) is 11.3 Å². The van der Waals surface area contributed by atoms with Crippen molar-refractivity contribution < 1.29 is 4.79 Å². The molecule has 94 valence electrons. The number of fused-ring (bicyclic) bond motifs is 1. The third-order valence-electron chi connectivity index (χ3n) is 3.73. The molecule has 0 aliphatic heterocycles. The van der Waals surface area contributed by atoms with E-state index in [0.29, 0.717) is 0 Å². The topological polar surface area (TPSA) is 22.0 Å². The van der Waals surface area contributed by atoms with Crippen molar-refractivity contribution in [2.75, 3.05) is 0 Å². The molecule has 2 nitrogen and oxygen atoms in total. The first kappa shape index (κ1) is 11.7. The summed E-state index contributed by atoms with van der Waals surface area (Å²) in [7, 11) is 1.93. The van der Waals surface area contributed by atoms with E-state index in [9.17, 15) is 4.79 Å². The van der Waals surface area contributed by atoms with Crippen LogP contribution in [0, 0.1) is 0 Å². The van der Waals surface area contributed by atoms with Crippen molar-refractivity contribution in [1.29, 1.82) is 0 Å². The second kappa shape index (κ2) is 4.73. The van der Waals surface area contributed by atoms with E-state index >= 15 is 0 Å². The van der Waals surface area contributed by atoms with Crippen molar-refractivity contribution in [2.24, 2.45) is 7.05 Å². The minimum Gasteiger partial charge on any atom is -0.348 e. The Balaban J connectivity index is 2.00. The number of aromatic nitrogens is 1. The highest BCUT2D eigenvalue weighted by Gasteiger charge is 2.21. The van der Waals surface area contributed by atoms with E-state index in [-0.39, 0.29) is 5.78 Å². The Kier molecular flexibility index (Phi) is 3.08. The summed E-state index contributed by atoms with van der Waals surface area (Å²) in [5, 5.41) is 2.06. The first-order valence-electron chi connectivity index (χ1n) is 6.52. The molecule has 18 heavy (non-hydrogen) atoms. The van der Waals surface area contributed by atoms with E-state index < -0.39 is 0 Å². The van der Waals surface area contributed by atoms with E-state index in [1.165, 1.54) is 29.7 Å². The van der Waals surface area contributed by atoms with Gasteiger partial charge in [0.15, 0.2) is 0 Å². The van der Waals surface area contributed by atoms with Gasteiger partial charge in [-0.05, 0) is 43.4 Å². The summed E-state index contributed by atoms with van der Waals surface area (Å²) in [5.74, 6) is 0.182. The van der Waals surface area contributed by atoms with Gasteiger partial charge < -0.3 is 4.57 Å². The SMILES string of the molecule is Cn1cccc1C(=O)c1csc2c1CCCCC2. The molecule has 0 amide bonds. The molecule has 0 unspecified atom stereocenters. The Morgan fingerprint density at radius 3 is 2.89 bits per heavy atom. The van der Waals surface area contributed by atoms with E-state index in [4.69, 9.17) is 0 Å². The van der Waals surface area contributed by atoms with Crippen molar-refractivity contribution in [3.05, 3.63) is 45.4 Å². The Hall–Kier alpha value is -1.35. The standard InChI is InChI=1S/C15H17NOS/c1-16-9-5-7-13(16)15(17)12-10-18-14-8-4-2-3-6-11(12)14/h5,7,9-10H,2-4,6,8H2,1H3. The molecular formula is C15H17NOS. The number of aryl methyl sites for hydroxylation is 2. The third kappa shape index (κ3) is 1.93. The fraction of sp³-hybridized carbons (Fsp3) is 0.400. The molecule has 0 N–H and O–H groups in total. The number of hydrogen-bond acceptors (Lipinski definition) is 2. The highest BCUT2D eigenvalue weighted by molar-refractivity contribution is 7.10. The van der Waals surface area contributed by atoms with Crippen LogP contribution < -0.4 is 0 Å². The maximum atomic E-state index is 12.6. The molecule has 0 spiro atoms. The number of thiophene rings is 1. The summed E-state index contributed by atoms with van der Waals surface area (Å²) < 4.78 is 1.91. The first-order valence-corrected chi connectivity index (χ1v) is 7.40. The van der Waals surface area contributed by atoms with Gasteiger partial charge in [0.05, 0.1) is 5.69 Å². The maximum absolute atomic E-state index is 12.6. The molecule has 1 aliphatic rings. The lowest BCUT2D eigenvalue weighted by Gasteiger charge is -2.05. The van der Waals surface area contributed by atoms with Gasteiger partial charge in [-0.2, -0.15) is 0 Å². The van der Waals surface area contributed by atoms with Gasteiger partial charge in [-0.1, -0.05) is 6.42 Å². The minimum absolute atomic E-state index is 0.182. The number of carbonyl (C=O) groups is 1. The Morgan fingerprint density at radius 2 is 2.11 bits per heavy atom. The van der Waals surface area contributed by atoms with E-state index in [0.717, 1.165) is 24.1 Å². The molecule has 3 rings (SSSR count). The van der Waals surface area contributed by atoms with Crippen LogP contribution in [-0.4, -0.2) is 10.4 Å². The summed E-state index contributed by atoms with van der Waals surface area (Å²) in [6, 6.07) is 3.83. The summed E-state index contributed by atoms with van der Waals surface area (Å²) in [6.07, 6.45) is 7.94. The second-order valence-electron chi connectivity index (χ2n) is 4.95. The number of hydrogen-bond donors (Lipinski definition) is 0. The average molecular weight is 259 g/mol. The summed E-state index contributed by atoms with van der Waals surface area (Å²) in [6.45, 7) is 0. The van der Waals surface area contributed by atoms with Crippen molar-refractivity contribution in [2.45, 2.75) is 32.1 Å². The molecule has 3 heteroatoms. The fourth-order valence-electron chi connectivity index (χ4n) is 2.70. The van der Waals surface area contributed by atoms with Gasteiger partial charge >= 0.3 is 0 Å². The number of ketones is 1. The average Bonchev–Trinajstić information content (AvgIpc) is 2.89. The van der Waals surface area contributed by atoms with Crippen LogP contribution in [0.4, 0.5) is 0 Å². The highest BCUT2D eigenvalue weighted by Crippen LogP contribution is 2.30. The lowest BCUT2D eigenvalue weighted by Crippen LogP contribution is -2.08. The van der Waals surface area contributed by atoms with Crippen molar-refractivity contribution in [3.8, 4) is 0 Å². The first-order chi connectivity index (χ1) is 8.77. The molecule has 0 radical (unpaired) electrons. The van der Waals surface area contributed by atoms with Gasteiger partial charge in [0.2, 0.25) is 5.78 Å². The number of carbonyl (C=O) groups excluding carboxylic acids is 1. The van der Waals surface area contributed by atoms with Crippen LogP contribution in [0.2, 0.25) is 0 Å². The van der Waals surface area contributed by atoms with Gasteiger partial charge in [-0.25, -0.2) is 0 Å². The van der Waals surface area contributed by atoms with Crippen molar-refractivity contribution >= 4 is 17.1 Å². The van der Waals surface area contributed by atoms with Crippen molar-refractivity contribution in [3.63, 3.8) is 0 Å². The zero-order chi connectivity index (χ0) is 12.5. The molecule has 1 aliphatic carbocycles. The summed E-state index contributed by atoms with van der Waals surface area (Å²) >= 11 is 1.77. The number of nitrogens with zero attached hydrogens (tertiary/aromatic N) is 1. The lowest BCUT2D eigenvalue weighted by atomic mass is 10.0. The Bertz CT molecular complexity index is 579. The molecule has 0 saturated heterocycles. The lowest BCUT2D eigenvalue weighted by molar-refractivity contribution is 0.103. The normalized spacial score (nSPS) is 15.2. The molecule has 0 fully saturated rings. The van der Waals surface area contributed by atoms with Crippen LogP contribution in [-0.2, 0) is 19.9 Å².